The van der Waals surface area contributed by atoms with Gasteiger partial charge >= 0.3 is 6.18 Å². The summed E-state index contributed by atoms with van der Waals surface area (Å²) in [6.45, 7) is 0.270. The van der Waals surface area contributed by atoms with Gasteiger partial charge < -0.3 is 16.4 Å². The molecule has 2 amide bonds. The quantitative estimate of drug-likeness (QED) is 0.517. The third-order valence-corrected chi connectivity index (χ3v) is 6.05. The Kier molecular flexibility index (Phi) is 7.01. The van der Waals surface area contributed by atoms with Crippen molar-refractivity contribution in [3.8, 4) is 0 Å². The van der Waals surface area contributed by atoms with Crippen LogP contribution in [-0.4, -0.2) is 46.2 Å². The lowest BCUT2D eigenvalue weighted by molar-refractivity contribution is -0.137. The molecule has 0 aromatic heterocycles. The minimum Gasteiger partial charge on any atom is -0.370 e. The van der Waals surface area contributed by atoms with Crippen LogP contribution in [0.4, 0.5) is 13.2 Å². The Balaban J connectivity index is 1.90. The van der Waals surface area contributed by atoms with E-state index in [0.717, 1.165) is 6.07 Å². The van der Waals surface area contributed by atoms with E-state index in [1.165, 1.54) is 23.3 Å². The van der Waals surface area contributed by atoms with Crippen molar-refractivity contribution in [2.45, 2.75) is 17.5 Å². The van der Waals surface area contributed by atoms with Crippen molar-refractivity contribution in [3.05, 3.63) is 70.8 Å². The van der Waals surface area contributed by atoms with Gasteiger partial charge in [0, 0.05) is 24.9 Å². The van der Waals surface area contributed by atoms with Gasteiger partial charge in [0.2, 0.25) is 0 Å². The first kappa shape index (κ1) is 24.2. The molecule has 2 aromatic rings. The Labute approximate surface area is 190 Å². The normalized spacial score (nSPS) is 14.9. The molecule has 7 nitrogen and oxygen atoms in total. The summed E-state index contributed by atoms with van der Waals surface area (Å²) in [5.74, 6) is -1.87. The average molecular weight is 478 g/mol. The van der Waals surface area contributed by atoms with E-state index in [0.29, 0.717) is 16.0 Å². The SMILES string of the molecule is CS(=O)c1ccccc1C(=O)N1CC=C(c2ccc(C(=O)N=C(N)N)cc2C(F)(F)F)CC1. The van der Waals surface area contributed by atoms with Crippen molar-refractivity contribution in [2.75, 3.05) is 19.3 Å². The largest absolute Gasteiger partial charge is 0.417 e. The van der Waals surface area contributed by atoms with Crippen molar-refractivity contribution in [2.24, 2.45) is 16.5 Å². The van der Waals surface area contributed by atoms with Gasteiger partial charge in [0.1, 0.15) is 0 Å². The van der Waals surface area contributed by atoms with E-state index in [1.807, 2.05) is 0 Å². The zero-order chi connectivity index (χ0) is 24.3. The van der Waals surface area contributed by atoms with Crippen molar-refractivity contribution in [1.82, 2.24) is 4.90 Å². The average Bonchev–Trinajstić information content (AvgIpc) is 2.77. The second-order valence-electron chi connectivity index (χ2n) is 7.28. The predicted octanol–water partition coefficient (Wildman–Crippen LogP) is 2.79. The number of aliphatic imine (C=N–C) groups is 1. The first-order valence-electron chi connectivity index (χ1n) is 9.75. The first-order chi connectivity index (χ1) is 15.5. The Hall–Kier alpha value is -3.47. The van der Waals surface area contributed by atoms with Gasteiger partial charge in [-0.25, -0.2) is 0 Å². The van der Waals surface area contributed by atoms with E-state index in [2.05, 4.69) is 4.99 Å². The maximum absolute atomic E-state index is 13.7. The maximum atomic E-state index is 13.7. The molecule has 1 unspecified atom stereocenters. The highest BCUT2D eigenvalue weighted by molar-refractivity contribution is 7.84. The molecule has 0 fully saturated rings. The van der Waals surface area contributed by atoms with Gasteiger partial charge in [-0.3, -0.25) is 13.8 Å². The molecular weight excluding hydrogens is 457 g/mol. The number of guanidine groups is 1. The molecule has 33 heavy (non-hydrogen) atoms. The molecule has 1 aliphatic rings. The predicted molar refractivity (Wildman–Crippen MR) is 119 cm³/mol. The van der Waals surface area contributed by atoms with E-state index in [4.69, 9.17) is 11.5 Å². The third kappa shape index (κ3) is 5.48. The van der Waals surface area contributed by atoms with E-state index in [1.54, 1.807) is 30.3 Å². The molecule has 0 spiro atoms. The molecule has 0 radical (unpaired) electrons. The molecule has 0 saturated carbocycles. The number of carbonyl (C=O) groups is 2. The molecule has 11 heteroatoms. The zero-order valence-electron chi connectivity index (χ0n) is 17.6. The number of rotatable bonds is 4. The Morgan fingerprint density at radius 2 is 1.82 bits per heavy atom. The molecule has 3 rings (SSSR count). The summed E-state index contributed by atoms with van der Waals surface area (Å²) in [6, 6.07) is 9.68. The molecule has 1 heterocycles. The number of nitrogens with zero attached hydrogens (tertiary/aromatic N) is 2. The number of carbonyl (C=O) groups excluding carboxylic acids is 2. The minimum atomic E-state index is -4.72. The maximum Gasteiger partial charge on any atom is 0.417 e. The van der Waals surface area contributed by atoms with Crippen LogP contribution in [0.5, 0.6) is 0 Å². The van der Waals surface area contributed by atoms with Crippen molar-refractivity contribution >= 4 is 34.1 Å². The van der Waals surface area contributed by atoms with Crippen molar-refractivity contribution < 1.29 is 27.0 Å². The highest BCUT2D eigenvalue weighted by atomic mass is 32.2. The fourth-order valence-electron chi connectivity index (χ4n) is 3.54. The molecule has 0 saturated heterocycles. The fraction of sp³-hybridized carbons (Fsp3) is 0.227. The monoisotopic (exact) mass is 478 g/mol. The minimum absolute atomic E-state index is 0.0779. The lowest BCUT2D eigenvalue weighted by Gasteiger charge is -2.28. The van der Waals surface area contributed by atoms with E-state index >= 15 is 0 Å². The summed E-state index contributed by atoms with van der Waals surface area (Å²) in [6.07, 6.45) is -1.52. The van der Waals surface area contributed by atoms with Gasteiger partial charge in [-0.1, -0.05) is 24.3 Å². The van der Waals surface area contributed by atoms with Crippen molar-refractivity contribution in [1.29, 1.82) is 0 Å². The molecule has 1 atom stereocenters. The summed E-state index contributed by atoms with van der Waals surface area (Å²) < 4.78 is 53.1. The van der Waals surface area contributed by atoms with Gasteiger partial charge in [-0.15, -0.1) is 0 Å². The van der Waals surface area contributed by atoms with Gasteiger partial charge in [0.15, 0.2) is 5.96 Å². The molecule has 4 N–H and O–H groups in total. The molecule has 0 bridgehead atoms. The van der Waals surface area contributed by atoms with Gasteiger partial charge in [0.25, 0.3) is 11.8 Å². The summed E-state index contributed by atoms with van der Waals surface area (Å²) in [7, 11) is -1.37. The molecule has 2 aromatic carbocycles. The van der Waals surface area contributed by atoms with Crippen molar-refractivity contribution in [3.63, 3.8) is 0 Å². The lowest BCUT2D eigenvalue weighted by Crippen LogP contribution is -2.35. The zero-order valence-corrected chi connectivity index (χ0v) is 18.4. The standard InChI is InChI=1S/C22H21F3N4O3S/c1-33(32)18-5-3-2-4-16(18)20(31)29-10-8-13(9-11-29)15-7-6-14(19(30)28-21(26)27)12-17(15)22(23,24)25/h2-8,12H,9-11H2,1H3,(H4,26,27,28,30). The van der Waals surface area contributed by atoms with Crippen LogP contribution in [0.25, 0.3) is 5.57 Å². The highest BCUT2D eigenvalue weighted by Gasteiger charge is 2.35. The fourth-order valence-corrected chi connectivity index (χ4v) is 4.27. The van der Waals surface area contributed by atoms with Crippen LogP contribution in [-0.2, 0) is 17.0 Å². The number of nitrogens with two attached hydrogens (primary N) is 2. The van der Waals surface area contributed by atoms with E-state index < -0.39 is 34.4 Å². The summed E-state index contributed by atoms with van der Waals surface area (Å²) in [4.78, 5) is 30.0. The second kappa shape index (κ2) is 9.57. The topological polar surface area (TPSA) is 119 Å². The van der Waals surface area contributed by atoms with Crippen LogP contribution >= 0.6 is 0 Å². The molecule has 174 valence electrons. The number of halogens is 3. The Morgan fingerprint density at radius 3 is 2.39 bits per heavy atom. The van der Waals surface area contributed by atoms with Crippen LogP contribution in [0.3, 0.4) is 0 Å². The van der Waals surface area contributed by atoms with E-state index in [9.17, 15) is 27.0 Å². The molecular formula is C22H21F3N4O3S. The molecule has 0 aliphatic carbocycles. The smallest absolute Gasteiger partial charge is 0.370 e. The van der Waals surface area contributed by atoms with Gasteiger partial charge in [0.05, 0.1) is 26.8 Å². The van der Waals surface area contributed by atoms with Crippen LogP contribution in [0.15, 0.2) is 58.4 Å². The molecule has 1 aliphatic heterocycles. The summed E-state index contributed by atoms with van der Waals surface area (Å²) in [5, 5.41) is 0. The first-order valence-corrected chi connectivity index (χ1v) is 11.3. The van der Waals surface area contributed by atoms with Crippen LogP contribution in [0.2, 0.25) is 0 Å². The van der Waals surface area contributed by atoms with E-state index in [-0.39, 0.29) is 36.5 Å². The number of alkyl halides is 3. The number of hydrogen-bond donors (Lipinski definition) is 2. The lowest BCUT2D eigenvalue weighted by atomic mass is 9.92. The summed E-state index contributed by atoms with van der Waals surface area (Å²) >= 11 is 0. The number of amides is 2. The van der Waals surface area contributed by atoms with Crippen LogP contribution in [0.1, 0.15) is 38.3 Å². The Bertz CT molecular complexity index is 1190. The van der Waals surface area contributed by atoms with Gasteiger partial charge in [-0.2, -0.15) is 18.2 Å². The second-order valence-corrected chi connectivity index (χ2v) is 8.63. The highest BCUT2D eigenvalue weighted by Crippen LogP contribution is 2.37. The van der Waals surface area contributed by atoms with Gasteiger partial charge in [-0.05, 0) is 41.8 Å². The number of hydrogen-bond acceptors (Lipinski definition) is 3. The Morgan fingerprint density at radius 1 is 1.12 bits per heavy atom. The third-order valence-electron chi connectivity index (χ3n) is 5.07. The number of benzene rings is 2. The van der Waals surface area contributed by atoms with Crippen LogP contribution < -0.4 is 11.5 Å². The van der Waals surface area contributed by atoms with Crippen LogP contribution in [0, 0.1) is 0 Å². The summed E-state index contributed by atoms with van der Waals surface area (Å²) in [5.41, 5.74) is 9.61.